The quantitative estimate of drug-likeness (QED) is 0.169. The van der Waals surface area contributed by atoms with Crippen LogP contribution in [0.1, 0.15) is 5.56 Å². The number of fused-ring (bicyclic) bond motifs is 9. The lowest BCUT2D eigenvalue weighted by molar-refractivity contribution is 1.16. The molecule has 0 unspecified atom stereocenters. The third-order valence-corrected chi connectivity index (χ3v) is 11.1. The lowest BCUT2D eigenvalue weighted by Gasteiger charge is -2.14. The van der Waals surface area contributed by atoms with Gasteiger partial charge in [-0.3, -0.25) is 0 Å². The zero-order valence-electron chi connectivity index (χ0n) is 29.5. The smallest absolute Gasteiger partial charge is 0.188 e. The van der Waals surface area contributed by atoms with Crippen molar-refractivity contribution in [2.24, 2.45) is 0 Å². The molecule has 3 heterocycles. The minimum Gasteiger partial charge on any atom is -0.309 e. The van der Waals surface area contributed by atoms with Crippen LogP contribution < -0.4 is 0 Å². The number of hydrogen-bond donors (Lipinski definition) is 0. The minimum atomic E-state index is 0.574. The lowest BCUT2D eigenvalue weighted by atomic mass is 10.0. The van der Waals surface area contributed by atoms with Crippen molar-refractivity contribution < 1.29 is 0 Å². The molecule has 5 nitrogen and oxygen atoms in total. The summed E-state index contributed by atoms with van der Waals surface area (Å²) in [6, 6.07) is 63.7. The van der Waals surface area contributed by atoms with Gasteiger partial charge in [0.15, 0.2) is 5.69 Å². The molecule has 11 aromatic rings. The molecular formula is C50H29N5. The molecule has 0 aliphatic carbocycles. The number of nitriles is 1. The number of hydrogen-bond acceptors (Lipinski definition) is 1. The standard InChI is InChI=1S/C50H29N5/c1-52-35-22-26-48-42(29-35)43-30-37(54-46-16-8-4-12-40(46)41-13-5-9-17-47(41)54)25-27-49(43)55(48)50-28-33(18-19-34(50)31-51)32-20-23-36(24-21-32)53-44-14-6-2-10-38(44)39-11-3-7-15-45(39)53/h2-30H. The molecule has 0 aliphatic rings. The van der Waals surface area contributed by atoms with Crippen LogP contribution in [-0.4, -0.2) is 13.7 Å². The summed E-state index contributed by atoms with van der Waals surface area (Å²) in [6.07, 6.45) is 0. The van der Waals surface area contributed by atoms with Crippen LogP contribution in [-0.2, 0) is 0 Å². The van der Waals surface area contributed by atoms with Gasteiger partial charge >= 0.3 is 0 Å². The van der Waals surface area contributed by atoms with Crippen molar-refractivity contribution in [1.29, 1.82) is 5.26 Å². The fourth-order valence-electron chi connectivity index (χ4n) is 8.66. The van der Waals surface area contributed by atoms with E-state index in [0.29, 0.717) is 11.3 Å². The Kier molecular flexibility index (Phi) is 6.61. The fourth-order valence-corrected chi connectivity index (χ4v) is 8.66. The van der Waals surface area contributed by atoms with Gasteiger partial charge in [0.25, 0.3) is 0 Å². The molecule has 0 aliphatic heterocycles. The van der Waals surface area contributed by atoms with E-state index in [1.165, 1.54) is 32.6 Å². The molecule has 0 radical (unpaired) electrons. The summed E-state index contributed by atoms with van der Waals surface area (Å²) in [6.45, 7) is 7.83. The van der Waals surface area contributed by atoms with Crippen LogP contribution in [0.3, 0.4) is 0 Å². The maximum atomic E-state index is 10.5. The van der Waals surface area contributed by atoms with Crippen LogP contribution in [0, 0.1) is 17.9 Å². The second-order valence-corrected chi connectivity index (χ2v) is 14.0. The fraction of sp³-hybridized carbons (Fsp3) is 0. The Hall–Kier alpha value is -7.86. The predicted molar refractivity (Wildman–Crippen MR) is 226 cm³/mol. The molecule has 8 aromatic carbocycles. The first-order chi connectivity index (χ1) is 27.2. The van der Waals surface area contributed by atoms with Crippen LogP contribution >= 0.6 is 0 Å². The van der Waals surface area contributed by atoms with Crippen molar-refractivity contribution in [3.05, 3.63) is 193 Å². The van der Waals surface area contributed by atoms with E-state index in [-0.39, 0.29) is 0 Å². The van der Waals surface area contributed by atoms with Crippen molar-refractivity contribution in [1.82, 2.24) is 13.7 Å². The molecule has 11 rings (SSSR count). The maximum Gasteiger partial charge on any atom is 0.188 e. The molecule has 254 valence electrons. The molecule has 0 fully saturated rings. The Morgan fingerprint density at radius 3 is 1.40 bits per heavy atom. The second kappa shape index (κ2) is 11.8. The van der Waals surface area contributed by atoms with Gasteiger partial charge in [-0.1, -0.05) is 97.1 Å². The molecule has 0 saturated carbocycles. The van der Waals surface area contributed by atoms with Crippen LogP contribution in [0.15, 0.2) is 176 Å². The van der Waals surface area contributed by atoms with Crippen molar-refractivity contribution in [2.75, 3.05) is 0 Å². The first-order valence-electron chi connectivity index (χ1n) is 18.3. The number of aromatic nitrogens is 3. The normalized spacial score (nSPS) is 11.6. The lowest BCUT2D eigenvalue weighted by Crippen LogP contribution is -1.99. The molecule has 0 saturated heterocycles. The Balaban J connectivity index is 1.09. The highest BCUT2D eigenvalue weighted by Gasteiger charge is 2.19. The zero-order valence-corrected chi connectivity index (χ0v) is 29.5. The van der Waals surface area contributed by atoms with Gasteiger partial charge in [0, 0.05) is 38.3 Å². The Morgan fingerprint density at radius 2 is 0.855 bits per heavy atom. The van der Waals surface area contributed by atoms with E-state index >= 15 is 0 Å². The van der Waals surface area contributed by atoms with E-state index in [4.69, 9.17) is 6.57 Å². The molecule has 0 atom stereocenters. The van der Waals surface area contributed by atoms with Gasteiger partial charge in [-0.2, -0.15) is 5.26 Å². The average Bonchev–Trinajstić information content (AvgIpc) is 3.89. The Morgan fingerprint density at radius 1 is 0.400 bits per heavy atom. The molecular weight excluding hydrogens is 671 g/mol. The van der Waals surface area contributed by atoms with Gasteiger partial charge in [0.1, 0.15) is 6.07 Å². The molecule has 0 bridgehead atoms. The first-order valence-corrected chi connectivity index (χ1v) is 18.3. The topological polar surface area (TPSA) is 42.9 Å². The molecule has 0 spiro atoms. The van der Waals surface area contributed by atoms with Gasteiger partial charge in [0.2, 0.25) is 0 Å². The third-order valence-electron chi connectivity index (χ3n) is 11.1. The monoisotopic (exact) mass is 699 g/mol. The third kappa shape index (κ3) is 4.51. The van der Waals surface area contributed by atoms with E-state index < -0.39 is 0 Å². The second-order valence-electron chi connectivity index (χ2n) is 14.0. The van der Waals surface area contributed by atoms with Gasteiger partial charge in [-0.15, -0.1) is 0 Å². The Bertz CT molecular complexity index is 3350. The summed E-state index contributed by atoms with van der Waals surface area (Å²) < 4.78 is 6.82. The molecule has 3 aromatic heterocycles. The maximum absolute atomic E-state index is 10.5. The van der Waals surface area contributed by atoms with Crippen molar-refractivity contribution in [3.63, 3.8) is 0 Å². The number of rotatable bonds is 4. The molecule has 55 heavy (non-hydrogen) atoms. The highest BCUT2D eigenvalue weighted by Crippen LogP contribution is 2.40. The van der Waals surface area contributed by atoms with Crippen LogP contribution in [0.4, 0.5) is 5.69 Å². The largest absolute Gasteiger partial charge is 0.309 e. The number of para-hydroxylation sites is 4. The van der Waals surface area contributed by atoms with Crippen molar-refractivity contribution >= 4 is 71.1 Å². The first kappa shape index (κ1) is 30.7. The number of benzene rings is 8. The SMILES string of the molecule is [C-]#[N+]c1ccc2c(c1)c1cc(-n3c4ccccc4c4ccccc43)ccc1n2-c1cc(-c2ccc(-n3c4ccccc4c4ccccc43)cc2)ccc1C#N. The molecule has 0 N–H and O–H groups in total. The summed E-state index contributed by atoms with van der Waals surface area (Å²) in [7, 11) is 0. The van der Waals surface area contributed by atoms with Crippen LogP contribution in [0.5, 0.6) is 0 Å². The summed E-state index contributed by atoms with van der Waals surface area (Å²) in [4.78, 5) is 3.79. The molecule has 5 heteroatoms. The summed E-state index contributed by atoms with van der Waals surface area (Å²) in [5, 5.41) is 17.3. The Labute approximate surface area is 316 Å². The van der Waals surface area contributed by atoms with E-state index in [1.54, 1.807) is 0 Å². The highest BCUT2D eigenvalue weighted by molar-refractivity contribution is 6.13. The van der Waals surface area contributed by atoms with Gasteiger partial charge in [0.05, 0.1) is 50.9 Å². The van der Waals surface area contributed by atoms with E-state index in [9.17, 15) is 5.26 Å². The van der Waals surface area contributed by atoms with E-state index in [2.05, 4.69) is 170 Å². The van der Waals surface area contributed by atoms with E-state index in [1.807, 2.05) is 30.3 Å². The summed E-state index contributed by atoms with van der Waals surface area (Å²) in [5.41, 5.74) is 12.7. The van der Waals surface area contributed by atoms with Crippen LogP contribution in [0.25, 0.3) is 98.5 Å². The summed E-state index contributed by atoms with van der Waals surface area (Å²) in [5.74, 6) is 0. The predicted octanol–water partition coefficient (Wildman–Crippen LogP) is 13.1. The average molecular weight is 700 g/mol. The molecule has 0 amide bonds. The van der Waals surface area contributed by atoms with Gasteiger partial charge in [-0.05, 0) is 95.4 Å². The van der Waals surface area contributed by atoms with Gasteiger partial charge < -0.3 is 13.7 Å². The van der Waals surface area contributed by atoms with Crippen LogP contribution in [0.2, 0.25) is 0 Å². The minimum absolute atomic E-state index is 0.574. The van der Waals surface area contributed by atoms with Crippen molar-refractivity contribution in [2.45, 2.75) is 0 Å². The van der Waals surface area contributed by atoms with E-state index in [0.717, 1.165) is 61.0 Å². The zero-order chi connectivity index (χ0) is 36.6. The highest BCUT2D eigenvalue weighted by atomic mass is 15.0. The van der Waals surface area contributed by atoms with Gasteiger partial charge in [-0.25, -0.2) is 4.85 Å². The number of nitrogens with zero attached hydrogens (tertiary/aromatic N) is 5. The summed E-state index contributed by atoms with van der Waals surface area (Å²) >= 11 is 0. The van der Waals surface area contributed by atoms with Crippen molar-refractivity contribution in [3.8, 4) is 34.3 Å².